The van der Waals surface area contributed by atoms with Crippen LogP contribution in [-0.4, -0.2) is 24.6 Å². The van der Waals surface area contributed by atoms with Gasteiger partial charge in [-0.3, -0.25) is 14.2 Å². The summed E-state index contributed by atoms with van der Waals surface area (Å²) < 4.78 is 3.76. The second kappa shape index (κ2) is 6.86. The predicted molar refractivity (Wildman–Crippen MR) is 103 cm³/mol. The van der Waals surface area contributed by atoms with E-state index in [1.165, 1.54) is 23.5 Å². The lowest BCUT2D eigenvalue weighted by molar-refractivity contribution is -0.121. The number of nitrogens with one attached hydrogen (secondary N) is 1. The summed E-state index contributed by atoms with van der Waals surface area (Å²) in [4.78, 5) is 41.6. The molecule has 0 aliphatic heterocycles. The van der Waals surface area contributed by atoms with Crippen molar-refractivity contribution < 1.29 is 4.79 Å². The second-order valence-corrected chi connectivity index (χ2v) is 6.91. The van der Waals surface area contributed by atoms with Gasteiger partial charge in [0, 0.05) is 20.6 Å². The SMILES string of the molecule is Cc1cc(C)c(CNC(=O)Cn2c(=O)c3c(ncn3C)n(C)c2=O)c(C)c1. The zero-order valence-corrected chi connectivity index (χ0v) is 16.2. The number of fused-ring (bicyclic) bond motifs is 1. The Morgan fingerprint density at radius 2 is 1.74 bits per heavy atom. The van der Waals surface area contributed by atoms with Crippen molar-refractivity contribution in [2.75, 3.05) is 0 Å². The molecule has 0 saturated heterocycles. The van der Waals surface area contributed by atoms with E-state index in [1.807, 2.05) is 20.8 Å². The van der Waals surface area contributed by atoms with E-state index in [1.54, 1.807) is 11.6 Å². The molecular formula is C19H23N5O3. The smallest absolute Gasteiger partial charge is 0.332 e. The maximum atomic E-state index is 12.6. The normalized spacial score (nSPS) is 11.1. The zero-order valence-electron chi connectivity index (χ0n) is 16.2. The van der Waals surface area contributed by atoms with Gasteiger partial charge in [0.05, 0.1) is 6.33 Å². The third kappa shape index (κ3) is 3.30. The Morgan fingerprint density at radius 1 is 1.11 bits per heavy atom. The van der Waals surface area contributed by atoms with Gasteiger partial charge < -0.3 is 9.88 Å². The lowest BCUT2D eigenvalue weighted by Gasteiger charge is -2.13. The van der Waals surface area contributed by atoms with Crippen molar-refractivity contribution in [3.63, 3.8) is 0 Å². The topological polar surface area (TPSA) is 90.9 Å². The maximum absolute atomic E-state index is 12.6. The number of hydrogen-bond acceptors (Lipinski definition) is 4. The maximum Gasteiger partial charge on any atom is 0.332 e. The summed E-state index contributed by atoms with van der Waals surface area (Å²) in [6, 6.07) is 4.12. The van der Waals surface area contributed by atoms with Crippen LogP contribution in [0.25, 0.3) is 11.2 Å². The molecule has 2 aromatic heterocycles. The highest BCUT2D eigenvalue weighted by Gasteiger charge is 2.17. The zero-order chi connectivity index (χ0) is 19.9. The lowest BCUT2D eigenvalue weighted by atomic mass is 10.00. The van der Waals surface area contributed by atoms with E-state index < -0.39 is 17.2 Å². The van der Waals surface area contributed by atoms with Crippen LogP contribution in [0.5, 0.6) is 0 Å². The molecular weight excluding hydrogens is 346 g/mol. The Morgan fingerprint density at radius 3 is 2.37 bits per heavy atom. The molecule has 1 aromatic carbocycles. The molecule has 142 valence electrons. The minimum absolute atomic E-state index is 0.287. The van der Waals surface area contributed by atoms with Crippen molar-refractivity contribution in [3.05, 3.63) is 61.6 Å². The number of rotatable bonds is 4. The molecule has 8 heteroatoms. The van der Waals surface area contributed by atoms with Crippen LogP contribution in [-0.2, 0) is 32.0 Å². The fourth-order valence-corrected chi connectivity index (χ4v) is 3.41. The van der Waals surface area contributed by atoms with Crippen LogP contribution in [0.4, 0.5) is 0 Å². The van der Waals surface area contributed by atoms with Crippen LogP contribution in [0.1, 0.15) is 22.3 Å². The molecule has 3 aromatic rings. The number of aryl methyl sites for hydroxylation is 5. The number of benzene rings is 1. The number of hydrogen-bond donors (Lipinski definition) is 1. The van der Waals surface area contributed by atoms with Crippen LogP contribution >= 0.6 is 0 Å². The van der Waals surface area contributed by atoms with E-state index in [-0.39, 0.29) is 12.1 Å². The molecule has 0 fully saturated rings. The standard InChI is InChI=1S/C19H23N5O3/c1-11-6-12(2)14(13(3)7-11)8-20-15(25)9-24-18(26)16-17(21-10-22(16)4)23(5)19(24)27/h6-7,10H,8-9H2,1-5H3,(H,20,25). The average molecular weight is 369 g/mol. The number of nitrogens with zero attached hydrogens (tertiary/aromatic N) is 4. The van der Waals surface area contributed by atoms with Gasteiger partial charge in [-0.2, -0.15) is 0 Å². The van der Waals surface area contributed by atoms with E-state index in [0.29, 0.717) is 12.2 Å². The van der Waals surface area contributed by atoms with Crippen LogP contribution in [0.2, 0.25) is 0 Å². The van der Waals surface area contributed by atoms with Crippen molar-refractivity contribution in [1.29, 1.82) is 0 Å². The van der Waals surface area contributed by atoms with Gasteiger partial charge in [0.25, 0.3) is 5.56 Å². The van der Waals surface area contributed by atoms with Gasteiger partial charge in [0.1, 0.15) is 6.54 Å². The van der Waals surface area contributed by atoms with Gasteiger partial charge >= 0.3 is 5.69 Å². The van der Waals surface area contributed by atoms with Crippen LogP contribution in [0, 0.1) is 20.8 Å². The summed E-state index contributed by atoms with van der Waals surface area (Å²) in [5.41, 5.74) is 3.89. The quantitative estimate of drug-likeness (QED) is 0.732. The third-order valence-electron chi connectivity index (χ3n) is 4.81. The summed E-state index contributed by atoms with van der Waals surface area (Å²) in [7, 11) is 3.21. The number of aromatic nitrogens is 4. The first-order valence-electron chi connectivity index (χ1n) is 8.65. The Balaban J connectivity index is 1.86. The van der Waals surface area contributed by atoms with Gasteiger partial charge in [-0.15, -0.1) is 0 Å². The molecule has 0 spiro atoms. The largest absolute Gasteiger partial charge is 0.350 e. The van der Waals surface area contributed by atoms with Gasteiger partial charge in [-0.25, -0.2) is 14.3 Å². The monoisotopic (exact) mass is 369 g/mol. The molecule has 0 unspecified atom stereocenters. The van der Waals surface area contributed by atoms with Crippen molar-refractivity contribution >= 4 is 17.1 Å². The first-order chi connectivity index (χ1) is 12.7. The molecule has 0 radical (unpaired) electrons. The predicted octanol–water partition coefficient (Wildman–Crippen LogP) is 0.675. The summed E-state index contributed by atoms with van der Waals surface area (Å²) in [6.07, 6.45) is 1.47. The van der Waals surface area contributed by atoms with E-state index in [0.717, 1.165) is 21.3 Å². The number of carbonyl (C=O) groups excluding carboxylic acids is 1. The summed E-state index contributed by atoms with van der Waals surface area (Å²) in [6.45, 7) is 6.03. The Bertz CT molecular complexity index is 1140. The lowest BCUT2D eigenvalue weighted by Crippen LogP contribution is -2.43. The Kier molecular flexibility index (Phi) is 4.73. The first kappa shape index (κ1) is 18.6. The molecule has 1 N–H and O–H groups in total. The fraction of sp³-hybridized carbons (Fsp3) is 0.368. The Labute approximate surface area is 156 Å². The van der Waals surface area contributed by atoms with Crippen LogP contribution in [0.15, 0.2) is 28.0 Å². The Hall–Kier alpha value is -3.16. The minimum atomic E-state index is -0.566. The van der Waals surface area contributed by atoms with Gasteiger partial charge in [-0.1, -0.05) is 17.7 Å². The van der Waals surface area contributed by atoms with Crippen molar-refractivity contribution in [2.24, 2.45) is 14.1 Å². The average Bonchev–Trinajstić information content (AvgIpc) is 2.97. The summed E-state index contributed by atoms with van der Waals surface area (Å²) in [5.74, 6) is -0.393. The van der Waals surface area contributed by atoms with E-state index in [2.05, 4.69) is 22.4 Å². The van der Waals surface area contributed by atoms with Crippen molar-refractivity contribution in [2.45, 2.75) is 33.9 Å². The number of amides is 1. The molecule has 0 aliphatic rings. The molecule has 0 aliphatic carbocycles. The summed E-state index contributed by atoms with van der Waals surface area (Å²) in [5, 5.41) is 2.81. The molecule has 1 amide bonds. The molecule has 0 atom stereocenters. The molecule has 3 rings (SSSR count). The highest BCUT2D eigenvalue weighted by Crippen LogP contribution is 2.16. The van der Waals surface area contributed by atoms with Crippen molar-refractivity contribution in [3.8, 4) is 0 Å². The van der Waals surface area contributed by atoms with Crippen molar-refractivity contribution in [1.82, 2.24) is 24.0 Å². The molecule has 27 heavy (non-hydrogen) atoms. The van der Waals surface area contributed by atoms with Gasteiger partial charge in [-0.05, 0) is 37.5 Å². The molecule has 8 nitrogen and oxygen atoms in total. The van der Waals surface area contributed by atoms with E-state index in [4.69, 9.17) is 0 Å². The summed E-state index contributed by atoms with van der Waals surface area (Å²) >= 11 is 0. The number of imidazole rings is 1. The van der Waals surface area contributed by atoms with Crippen LogP contribution < -0.4 is 16.6 Å². The van der Waals surface area contributed by atoms with E-state index in [9.17, 15) is 14.4 Å². The molecule has 2 heterocycles. The number of carbonyl (C=O) groups is 1. The highest BCUT2D eigenvalue weighted by molar-refractivity contribution is 5.76. The van der Waals surface area contributed by atoms with Gasteiger partial charge in [0.2, 0.25) is 5.91 Å². The molecule has 0 saturated carbocycles. The molecule has 0 bridgehead atoms. The minimum Gasteiger partial charge on any atom is -0.350 e. The van der Waals surface area contributed by atoms with Crippen LogP contribution in [0.3, 0.4) is 0 Å². The fourth-order valence-electron chi connectivity index (χ4n) is 3.41. The first-order valence-corrected chi connectivity index (χ1v) is 8.65. The second-order valence-electron chi connectivity index (χ2n) is 6.91. The van der Waals surface area contributed by atoms with Gasteiger partial charge in [0.15, 0.2) is 11.2 Å². The van der Waals surface area contributed by atoms with E-state index >= 15 is 0 Å². The third-order valence-corrected chi connectivity index (χ3v) is 4.81. The highest BCUT2D eigenvalue weighted by atomic mass is 16.2.